The van der Waals surface area contributed by atoms with Crippen LogP contribution in [0, 0.1) is 0 Å². The van der Waals surface area contributed by atoms with Crippen LogP contribution >= 0.6 is 0 Å². The van der Waals surface area contributed by atoms with Crippen molar-refractivity contribution in [3.05, 3.63) is 40.6 Å². The Morgan fingerprint density at radius 3 is 2.19 bits per heavy atom. The minimum absolute atomic E-state index is 0.224. The van der Waals surface area contributed by atoms with E-state index >= 15 is 0 Å². The van der Waals surface area contributed by atoms with Crippen molar-refractivity contribution in [2.24, 2.45) is 0 Å². The zero-order valence-corrected chi connectivity index (χ0v) is 13.8. The number of carbonyl (C=O) groups is 1. The zero-order chi connectivity index (χ0) is 15.3. The highest BCUT2D eigenvalue weighted by molar-refractivity contribution is 6.67. The molecular formula is C16H22O4Si. The van der Waals surface area contributed by atoms with E-state index in [0.717, 1.165) is 16.7 Å². The fourth-order valence-electron chi connectivity index (χ4n) is 2.37. The Hall–Kier alpha value is -1.27. The molecule has 0 aromatic heterocycles. The average Bonchev–Trinajstić information content (AvgIpc) is 2.45. The van der Waals surface area contributed by atoms with Crippen molar-refractivity contribution in [2.75, 3.05) is 19.8 Å². The van der Waals surface area contributed by atoms with E-state index in [1.165, 1.54) is 0 Å². The largest absolute Gasteiger partial charge is 0.529 e. The Morgan fingerprint density at radius 2 is 1.71 bits per heavy atom. The molecule has 0 saturated heterocycles. The Balaban J connectivity index is 2.18. The van der Waals surface area contributed by atoms with Crippen molar-refractivity contribution in [3.8, 4) is 0 Å². The molecule has 0 spiro atoms. The van der Waals surface area contributed by atoms with Gasteiger partial charge in [0, 0.05) is 31.8 Å². The molecule has 0 saturated carbocycles. The van der Waals surface area contributed by atoms with Crippen molar-refractivity contribution in [1.82, 2.24) is 0 Å². The van der Waals surface area contributed by atoms with Gasteiger partial charge in [-0.2, -0.15) is 0 Å². The molecule has 0 atom stereocenters. The van der Waals surface area contributed by atoms with Gasteiger partial charge in [-0.15, -0.1) is 0 Å². The van der Waals surface area contributed by atoms with Crippen LogP contribution in [0.15, 0.2) is 23.9 Å². The molecule has 1 aliphatic rings. The Labute approximate surface area is 127 Å². The molecule has 1 aromatic carbocycles. The number of rotatable bonds is 8. The summed E-state index contributed by atoms with van der Waals surface area (Å²) in [5, 5.41) is 0. The second-order valence-corrected chi connectivity index (χ2v) is 7.16. The van der Waals surface area contributed by atoms with Gasteiger partial charge in [-0.3, -0.25) is 4.79 Å². The van der Waals surface area contributed by atoms with Crippen LogP contribution in [0.4, 0.5) is 0 Å². The van der Waals surface area contributed by atoms with Gasteiger partial charge in [0.2, 0.25) is 0 Å². The monoisotopic (exact) mass is 306 g/mol. The first-order valence-electron chi connectivity index (χ1n) is 7.41. The molecule has 0 radical (unpaired) electrons. The number of ketones is 1. The summed E-state index contributed by atoms with van der Waals surface area (Å²) < 4.78 is 17.3. The topological polar surface area (TPSA) is 44.8 Å². The van der Waals surface area contributed by atoms with E-state index in [-0.39, 0.29) is 5.78 Å². The molecule has 2 rings (SSSR count). The molecule has 0 amide bonds. The molecule has 21 heavy (non-hydrogen) atoms. The molecule has 0 bridgehead atoms. The van der Waals surface area contributed by atoms with Crippen molar-refractivity contribution < 1.29 is 18.1 Å². The quantitative estimate of drug-likeness (QED) is 0.693. The second-order valence-electron chi connectivity index (χ2n) is 4.75. The lowest BCUT2D eigenvalue weighted by Gasteiger charge is -2.25. The molecular weight excluding hydrogens is 284 g/mol. The maximum Gasteiger partial charge on any atom is 0.529 e. The number of fused-ring (bicyclic) bond motifs is 1. The summed E-state index contributed by atoms with van der Waals surface area (Å²) in [4.78, 5) is 11.3. The van der Waals surface area contributed by atoms with Gasteiger partial charge in [0.05, 0.1) is 0 Å². The summed E-state index contributed by atoms with van der Waals surface area (Å²) in [5.74, 6) is 0.224. The van der Waals surface area contributed by atoms with Crippen molar-refractivity contribution >= 4 is 20.7 Å². The molecule has 5 heteroatoms. The predicted molar refractivity (Wildman–Crippen MR) is 84.1 cm³/mol. The van der Waals surface area contributed by atoms with E-state index in [9.17, 15) is 4.79 Å². The second kappa shape index (κ2) is 7.13. The van der Waals surface area contributed by atoms with E-state index in [1.807, 2.05) is 50.7 Å². The maximum atomic E-state index is 11.3. The molecule has 0 unspecified atom stereocenters. The third-order valence-corrected chi connectivity index (χ3v) is 5.95. The lowest BCUT2D eigenvalue weighted by Crippen LogP contribution is -2.44. The van der Waals surface area contributed by atoms with Crippen LogP contribution in [0.3, 0.4) is 0 Å². The number of Topliss-reactive ketones (excluding diaryl/α,β-unsaturated/α-hetero) is 1. The van der Waals surface area contributed by atoms with Crippen LogP contribution in [0.25, 0.3) is 6.08 Å². The first kappa shape index (κ1) is 16.1. The first-order valence-corrected chi connectivity index (χ1v) is 9.21. The van der Waals surface area contributed by atoms with Gasteiger partial charge in [0.25, 0.3) is 0 Å². The van der Waals surface area contributed by atoms with Gasteiger partial charge < -0.3 is 13.3 Å². The van der Waals surface area contributed by atoms with E-state index in [0.29, 0.717) is 26.2 Å². The molecule has 0 aliphatic heterocycles. The van der Waals surface area contributed by atoms with Gasteiger partial charge in [-0.25, -0.2) is 0 Å². The molecule has 4 nitrogen and oxygen atoms in total. The van der Waals surface area contributed by atoms with Crippen LogP contribution in [0.1, 0.15) is 42.3 Å². The van der Waals surface area contributed by atoms with Crippen molar-refractivity contribution in [1.29, 1.82) is 0 Å². The third-order valence-electron chi connectivity index (χ3n) is 3.30. The smallest absolute Gasteiger partial charge is 0.371 e. The number of benzene rings is 1. The number of hydrogen-bond acceptors (Lipinski definition) is 4. The summed E-state index contributed by atoms with van der Waals surface area (Å²) in [6.45, 7) is 7.46. The molecule has 0 N–H and O–H groups in total. The number of carbonyl (C=O) groups excluding carboxylic acids is 1. The van der Waals surface area contributed by atoms with Crippen LogP contribution in [-0.2, 0) is 19.7 Å². The highest BCUT2D eigenvalue weighted by atomic mass is 28.4. The van der Waals surface area contributed by atoms with Gasteiger partial charge in [0.1, 0.15) is 0 Å². The van der Waals surface area contributed by atoms with Gasteiger partial charge >= 0.3 is 8.80 Å². The summed E-state index contributed by atoms with van der Waals surface area (Å²) in [7, 11) is -2.75. The lowest BCUT2D eigenvalue weighted by molar-refractivity contribution is 0.0844. The molecule has 114 valence electrons. The van der Waals surface area contributed by atoms with Crippen LogP contribution in [-0.4, -0.2) is 34.4 Å². The third kappa shape index (κ3) is 3.68. The molecule has 0 heterocycles. The van der Waals surface area contributed by atoms with Crippen molar-refractivity contribution in [2.45, 2.75) is 27.2 Å². The van der Waals surface area contributed by atoms with E-state index in [2.05, 4.69) is 0 Å². The van der Waals surface area contributed by atoms with Gasteiger partial charge in [-0.1, -0.05) is 24.3 Å². The average molecular weight is 306 g/mol. The minimum atomic E-state index is -2.75. The van der Waals surface area contributed by atoms with Gasteiger partial charge in [0.15, 0.2) is 5.78 Å². The first-order chi connectivity index (χ1) is 10.1. The highest BCUT2D eigenvalue weighted by Gasteiger charge is 2.37. The molecule has 1 aliphatic carbocycles. The molecule has 0 fully saturated rings. The normalized spacial score (nSPS) is 14.3. The Morgan fingerprint density at radius 1 is 1.10 bits per heavy atom. The minimum Gasteiger partial charge on any atom is -0.371 e. The number of hydrogen-bond donors (Lipinski definition) is 0. The van der Waals surface area contributed by atoms with Crippen LogP contribution < -0.4 is 0 Å². The zero-order valence-electron chi connectivity index (χ0n) is 12.8. The van der Waals surface area contributed by atoms with Crippen LogP contribution in [0.5, 0.6) is 0 Å². The highest BCUT2D eigenvalue weighted by Crippen LogP contribution is 2.25. The fourth-order valence-corrected chi connectivity index (χ4v) is 4.51. The predicted octanol–water partition coefficient (Wildman–Crippen LogP) is 3.03. The Kier molecular flexibility index (Phi) is 5.47. The summed E-state index contributed by atoms with van der Waals surface area (Å²) in [6, 6.07) is 5.86. The van der Waals surface area contributed by atoms with E-state index in [4.69, 9.17) is 13.3 Å². The summed E-state index contributed by atoms with van der Waals surface area (Å²) >= 11 is 0. The van der Waals surface area contributed by atoms with Crippen LogP contribution in [0.2, 0.25) is 0 Å². The van der Waals surface area contributed by atoms with E-state index in [1.54, 1.807) is 0 Å². The van der Waals surface area contributed by atoms with Crippen molar-refractivity contribution in [3.63, 3.8) is 0 Å². The fraction of sp³-hybridized carbons (Fsp3) is 0.438. The summed E-state index contributed by atoms with van der Waals surface area (Å²) in [6.07, 6.45) is 2.51. The Bertz CT molecular complexity index is 522. The maximum absolute atomic E-state index is 11.3. The van der Waals surface area contributed by atoms with E-state index < -0.39 is 8.80 Å². The SMILES string of the molecule is CCO[Si](C=Cc1ccc2c(c1)CC2=O)(OCC)OCC. The molecule has 1 aromatic rings. The van der Waals surface area contributed by atoms with Gasteiger partial charge in [-0.05, 0) is 37.6 Å². The lowest BCUT2D eigenvalue weighted by atomic mass is 9.86. The standard InChI is InChI=1S/C16H22O4Si/c1-4-18-21(19-5-2,20-6-3)10-9-13-7-8-15-14(11-13)12-16(15)17/h7-11H,4-6,12H2,1-3H3. The summed E-state index contributed by atoms with van der Waals surface area (Å²) in [5.41, 5.74) is 4.91.